The number of aromatic nitrogens is 2. The maximum absolute atomic E-state index is 11.9. The Balaban J connectivity index is 1.39. The van der Waals surface area contributed by atoms with Gasteiger partial charge < -0.3 is 15.4 Å². The number of ether oxygens (including phenoxy) is 1. The van der Waals surface area contributed by atoms with E-state index in [0.717, 1.165) is 18.5 Å². The second kappa shape index (κ2) is 7.63. The van der Waals surface area contributed by atoms with Crippen molar-refractivity contribution in [3.05, 3.63) is 35.5 Å². The van der Waals surface area contributed by atoms with Gasteiger partial charge in [-0.05, 0) is 51.3 Å². The topological polar surface area (TPSA) is 142 Å². The first kappa shape index (κ1) is 20.2. The molecule has 11 heteroatoms. The van der Waals surface area contributed by atoms with Gasteiger partial charge in [0, 0.05) is 23.7 Å². The zero-order valence-corrected chi connectivity index (χ0v) is 17.4. The van der Waals surface area contributed by atoms with Crippen molar-refractivity contribution in [3.8, 4) is 0 Å². The van der Waals surface area contributed by atoms with Crippen LogP contribution in [0.25, 0.3) is 0 Å². The summed E-state index contributed by atoms with van der Waals surface area (Å²) in [6, 6.07) is 6.36. The Bertz CT molecular complexity index is 1090. The summed E-state index contributed by atoms with van der Waals surface area (Å²) in [6.07, 6.45) is 1.80. The number of nitrogens with one attached hydrogen (secondary N) is 4. The molecule has 2 aliphatic rings. The lowest BCUT2D eigenvalue weighted by Gasteiger charge is -2.14. The van der Waals surface area contributed by atoms with Crippen LogP contribution in [0.5, 0.6) is 0 Å². The highest BCUT2D eigenvalue weighted by Gasteiger charge is 2.33. The van der Waals surface area contributed by atoms with E-state index in [2.05, 4.69) is 20.8 Å². The van der Waals surface area contributed by atoms with Crippen LogP contribution in [0, 0.1) is 0 Å². The minimum atomic E-state index is -3.76. The molecule has 1 saturated carbocycles. The molecule has 160 valence electrons. The number of nitrogens with zero attached hydrogens (tertiary/aromatic N) is 1. The van der Waals surface area contributed by atoms with Crippen molar-refractivity contribution >= 4 is 33.5 Å². The van der Waals surface area contributed by atoms with Gasteiger partial charge in [0.15, 0.2) is 0 Å². The number of benzene rings is 1. The molecule has 2 atom stereocenters. The number of alkyl carbamates (subject to hydrolysis) is 1. The highest BCUT2D eigenvalue weighted by molar-refractivity contribution is 7.90. The number of hydrogen-bond donors (Lipinski definition) is 4. The lowest BCUT2D eigenvalue weighted by molar-refractivity contribution is 0.0974. The second-order valence-electron chi connectivity index (χ2n) is 7.81. The summed E-state index contributed by atoms with van der Waals surface area (Å²) in [6.45, 7) is 3.76. The van der Waals surface area contributed by atoms with Crippen LogP contribution in [0.3, 0.4) is 0 Å². The van der Waals surface area contributed by atoms with Crippen molar-refractivity contribution < 1.29 is 22.7 Å². The first-order valence-electron chi connectivity index (χ1n) is 9.72. The fourth-order valence-corrected chi connectivity index (χ4v) is 4.91. The standard InChI is InChI=1S/C19H23N5O5S/c1-10(2)20-19(26)29-13-5-3-11(7-13)15-9-17(23-22-15)21-12-4-6-16-14(8-12)18(25)24-30(16,27)28/h4,6,8-11,13H,3,5,7H2,1-2H3,(H,20,26)(H,24,25)(H2,21,22,23)/t11-,13+/m0/s1. The first-order valence-corrected chi connectivity index (χ1v) is 11.2. The third-order valence-corrected chi connectivity index (χ3v) is 6.49. The van der Waals surface area contributed by atoms with E-state index in [9.17, 15) is 18.0 Å². The predicted molar refractivity (Wildman–Crippen MR) is 108 cm³/mol. The molecular formula is C19H23N5O5S. The highest BCUT2D eigenvalue weighted by Crippen LogP contribution is 2.36. The minimum Gasteiger partial charge on any atom is -0.446 e. The van der Waals surface area contributed by atoms with Gasteiger partial charge in [0.1, 0.15) is 16.8 Å². The summed E-state index contributed by atoms with van der Waals surface area (Å²) in [5, 5.41) is 13.1. The van der Waals surface area contributed by atoms with Gasteiger partial charge in [-0.15, -0.1) is 0 Å². The van der Waals surface area contributed by atoms with Crippen molar-refractivity contribution in [3.63, 3.8) is 0 Å². The molecule has 0 unspecified atom stereocenters. The summed E-state index contributed by atoms with van der Waals surface area (Å²) in [4.78, 5) is 23.6. The molecule has 1 aromatic heterocycles. The van der Waals surface area contributed by atoms with Crippen LogP contribution in [-0.4, -0.2) is 42.8 Å². The third kappa shape index (κ3) is 4.11. The Morgan fingerprint density at radius 1 is 1.27 bits per heavy atom. The largest absolute Gasteiger partial charge is 0.446 e. The number of hydrogen-bond acceptors (Lipinski definition) is 7. The summed E-state index contributed by atoms with van der Waals surface area (Å²) < 4.78 is 31.1. The fraction of sp³-hybridized carbons (Fsp3) is 0.421. The number of rotatable bonds is 5. The van der Waals surface area contributed by atoms with E-state index in [1.54, 1.807) is 6.07 Å². The van der Waals surface area contributed by atoms with E-state index in [4.69, 9.17) is 4.74 Å². The van der Waals surface area contributed by atoms with Crippen LogP contribution in [0.1, 0.15) is 55.1 Å². The van der Waals surface area contributed by atoms with Gasteiger partial charge in [0.2, 0.25) is 0 Å². The zero-order chi connectivity index (χ0) is 21.5. The van der Waals surface area contributed by atoms with E-state index in [1.807, 2.05) is 24.6 Å². The van der Waals surface area contributed by atoms with E-state index in [1.165, 1.54) is 12.1 Å². The molecule has 0 radical (unpaired) electrons. The minimum absolute atomic E-state index is 0.0261. The van der Waals surface area contributed by atoms with E-state index >= 15 is 0 Å². The molecular weight excluding hydrogens is 410 g/mol. The molecule has 0 bridgehead atoms. The number of H-pyrrole nitrogens is 1. The van der Waals surface area contributed by atoms with Crippen LogP contribution in [0.15, 0.2) is 29.2 Å². The number of carbonyl (C=O) groups excluding carboxylic acids is 2. The van der Waals surface area contributed by atoms with Crippen molar-refractivity contribution in [1.29, 1.82) is 0 Å². The smallest absolute Gasteiger partial charge is 0.407 e. The lowest BCUT2D eigenvalue weighted by Crippen LogP contribution is -2.33. The molecule has 30 heavy (non-hydrogen) atoms. The molecule has 1 aromatic carbocycles. The molecule has 1 aliphatic carbocycles. The maximum atomic E-state index is 11.9. The molecule has 4 rings (SSSR count). The van der Waals surface area contributed by atoms with Gasteiger partial charge in [-0.3, -0.25) is 9.89 Å². The van der Waals surface area contributed by atoms with Crippen LogP contribution in [-0.2, 0) is 14.8 Å². The number of anilines is 2. The first-order chi connectivity index (χ1) is 14.2. The number of carbonyl (C=O) groups is 2. The van der Waals surface area contributed by atoms with Crippen LogP contribution in [0.4, 0.5) is 16.3 Å². The Kier molecular flexibility index (Phi) is 5.14. The summed E-state index contributed by atoms with van der Waals surface area (Å²) >= 11 is 0. The predicted octanol–water partition coefficient (Wildman–Crippen LogP) is 2.36. The molecule has 1 fully saturated rings. The molecule has 4 N–H and O–H groups in total. The van der Waals surface area contributed by atoms with Crippen LogP contribution in [0.2, 0.25) is 0 Å². The molecule has 0 saturated heterocycles. The number of sulfonamides is 1. The van der Waals surface area contributed by atoms with Crippen LogP contribution < -0.4 is 15.4 Å². The molecule has 1 aliphatic heterocycles. The van der Waals surface area contributed by atoms with E-state index < -0.39 is 22.0 Å². The van der Waals surface area contributed by atoms with Crippen molar-refractivity contribution in [2.24, 2.45) is 0 Å². The Labute approximate surface area is 173 Å². The quantitative estimate of drug-likeness (QED) is 0.567. The van der Waals surface area contributed by atoms with Crippen LogP contribution >= 0.6 is 0 Å². The van der Waals surface area contributed by atoms with Crippen molar-refractivity contribution in [2.75, 3.05) is 5.32 Å². The number of fused-ring (bicyclic) bond motifs is 1. The normalized spacial score (nSPS) is 21.9. The lowest BCUT2D eigenvalue weighted by atomic mass is 10.0. The Hall–Kier alpha value is -3.08. The molecule has 2 heterocycles. The number of amides is 2. The highest BCUT2D eigenvalue weighted by atomic mass is 32.2. The van der Waals surface area contributed by atoms with E-state index in [-0.39, 0.29) is 28.5 Å². The van der Waals surface area contributed by atoms with Gasteiger partial charge >= 0.3 is 6.09 Å². The summed E-state index contributed by atoms with van der Waals surface area (Å²) in [7, 11) is -3.76. The maximum Gasteiger partial charge on any atom is 0.407 e. The van der Waals surface area contributed by atoms with E-state index in [0.29, 0.717) is 17.9 Å². The monoisotopic (exact) mass is 433 g/mol. The van der Waals surface area contributed by atoms with Crippen molar-refractivity contribution in [1.82, 2.24) is 20.2 Å². The van der Waals surface area contributed by atoms with Gasteiger partial charge in [-0.2, -0.15) is 5.10 Å². The van der Waals surface area contributed by atoms with Crippen molar-refractivity contribution in [2.45, 2.75) is 56.1 Å². The summed E-state index contributed by atoms with van der Waals surface area (Å²) in [5.41, 5.74) is 1.53. The Morgan fingerprint density at radius 3 is 2.83 bits per heavy atom. The molecule has 2 aromatic rings. The van der Waals surface area contributed by atoms with Gasteiger partial charge in [0.05, 0.1) is 11.3 Å². The molecule has 0 spiro atoms. The summed E-state index contributed by atoms with van der Waals surface area (Å²) in [5.74, 6) is 0.148. The average molecular weight is 433 g/mol. The molecule has 2 amide bonds. The van der Waals surface area contributed by atoms with Gasteiger partial charge in [-0.1, -0.05) is 0 Å². The molecule has 10 nitrogen and oxygen atoms in total. The average Bonchev–Trinajstić information content (AvgIpc) is 3.34. The second-order valence-corrected chi connectivity index (χ2v) is 9.46. The number of aromatic amines is 1. The Morgan fingerprint density at radius 2 is 2.07 bits per heavy atom. The fourth-order valence-electron chi connectivity index (χ4n) is 3.75. The third-order valence-electron chi connectivity index (χ3n) is 5.10. The van der Waals surface area contributed by atoms with Gasteiger partial charge in [-0.25, -0.2) is 17.9 Å². The van der Waals surface area contributed by atoms with Gasteiger partial charge in [0.25, 0.3) is 15.9 Å². The zero-order valence-electron chi connectivity index (χ0n) is 16.6. The SMILES string of the molecule is CC(C)NC(=O)O[C@@H]1CC[C@H](c2cc(Nc3ccc4c(c3)C(=O)NS4(=O)=O)[nH]n2)C1.